The van der Waals surface area contributed by atoms with Crippen molar-refractivity contribution >= 4 is 21.4 Å². The molecular formula is C20H17N5OS. The molecule has 0 bridgehead atoms. The molecule has 3 heterocycles. The molecule has 1 fully saturated rings. The smallest absolute Gasteiger partial charge is 0.154 e. The van der Waals surface area contributed by atoms with Crippen LogP contribution in [-0.2, 0) is 0 Å². The summed E-state index contributed by atoms with van der Waals surface area (Å²) in [4.78, 5) is 5.47. The van der Waals surface area contributed by atoms with Gasteiger partial charge in [-0.25, -0.2) is 10.9 Å². The summed E-state index contributed by atoms with van der Waals surface area (Å²) < 4.78 is 7.21. The monoisotopic (exact) mass is 375 g/mol. The third-order valence-corrected chi connectivity index (χ3v) is 5.53. The molecule has 27 heavy (non-hydrogen) atoms. The summed E-state index contributed by atoms with van der Waals surface area (Å²) in [5.41, 5.74) is 14.2. The molecule has 0 radical (unpaired) electrons. The van der Waals surface area contributed by atoms with E-state index in [1.165, 1.54) is 5.56 Å². The van der Waals surface area contributed by atoms with E-state index in [0.29, 0.717) is 0 Å². The second-order valence-electron chi connectivity index (χ2n) is 6.16. The van der Waals surface area contributed by atoms with Crippen molar-refractivity contribution in [2.24, 2.45) is 0 Å². The van der Waals surface area contributed by atoms with Gasteiger partial charge in [0, 0.05) is 16.5 Å². The highest BCUT2D eigenvalue weighted by Crippen LogP contribution is 2.36. The van der Waals surface area contributed by atoms with E-state index in [0.717, 1.165) is 32.0 Å². The first-order chi connectivity index (χ1) is 13.4. The number of hydrazine groups is 3. The Bertz CT molecular complexity index is 1060. The molecule has 7 heteroatoms. The van der Waals surface area contributed by atoms with Gasteiger partial charge in [0.15, 0.2) is 5.75 Å². The van der Waals surface area contributed by atoms with Crippen LogP contribution in [0.1, 0.15) is 11.0 Å². The van der Waals surface area contributed by atoms with Crippen LogP contribution in [0.15, 0.2) is 73.1 Å². The zero-order chi connectivity index (χ0) is 18.1. The van der Waals surface area contributed by atoms with Gasteiger partial charge in [-0.1, -0.05) is 42.5 Å². The topological polar surface area (TPSA) is 70.2 Å². The predicted molar refractivity (Wildman–Crippen MR) is 107 cm³/mol. The number of rotatable bonds is 4. The maximum Gasteiger partial charge on any atom is 0.154 e. The second-order valence-corrected chi connectivity index (χ2v) is 7.28. The summed E-state index contributed by atoms with van der Waals surface area (Å²) in [6.45, 7) is 0. The number of nitrogens with one attached hydrogen (secondary N) is 4. The normalized spacial score (nSPS) is 14.7. The lowest BCUT2D eigenvalue weighted by Crippen LogP contribution is -2.33. The number of fused-ring (bicyclic) bond motifs is 1. The Balaban J connectivity index is 1.42. The van der Waals surface area contributed by atoms with Crippen LogP contribution in [0.2, 0.25) is 0 Å². The number of pyridine rings is 1. The van der Waals surface area contributed by atoms with Crippen LogP contribution in [-0.4, -0.2) is 4.98 Å². The van der Waals surface area contributed by atoms with Crippen LogP contribution in [0.25, 0.3) is 21.2 Å². The minimum atomic E-state index is 0.000376. The quantitative estimate of drug-likeness (QED) is 0.434. The molecule has 1 aliphatic heterocycles. The van der Waals surface area contributed by atoms with Crippen LogP contribution in [0.5, 0.6) is 11.5 Å². The number of hydrogen-bond acceptors (Lipinski definition) is 7. The third-order valence-electron chi connectivity index (χ3n) is 4.40. The van der Waals surface area contributed by atoms with E-state index in [-0.39, 0.29) is 6.17 Å². The zero-order valence-electron chi connectivity index (χ0n) is 14.3. The number of thiophene rings is 1. The fraction of sp³-hybridized carbons (Fsp3) is 0.0500. The molecule has 0 aliphatic carbocycles. The number of benzene rings is 2. The highest BCUT2D eigenvalue weighted by Gasteiger charge is 2.19. The van der Waals surface area contributed by atoms with E-state index in [2.05, 4.69) is 57.2 Å². The average Bonchev–Trinajstić information content (AvgIpc) is 3.39. The number of ether oxygens (including phenoxy) is 1. The zero-order valence-corrected chi connectivity index (χ0v) is 15.1. The minimum Gasteiger partial charge on any atom is -0.455 e. The standard InChI is InChI=1S/C20H17N5OS/c1-2-4-13(5-3-1)14-6-8-15(9-7-14)26-17-11-21-12-19-16(17)10-18(27-19)20-22-24-25-23-20/h1-12,20,22-25H. The van der Waals surface area contributed by atoms with E-state index in [1.54, 1.807) is 17.5 Å². The Morgan fingerprint density at radius 2 is 1.59 bits per heavy atom. The molecule has 0 spiro atoms. The largest absolute Gasteiger partial charge is 0.455 e. The van der Waals surface area contributed by atoms with E-state index >= 15 is 0 Å². The van der Waals surface area contributed by atoms with Crippen LogP contribution in [0, 0.1) is 0 Å². The van der Waals surface area contributed by atoms with Crippen molar-refractivity contribution < 1.29 is 4.74 Å². The Hall–Kier alpha value is -2.81. The molecule has 134 valence electrons. The molecular weight excluding hydrogens is 358 g/mol. The highest BCUT2D eigenvalue weighted by molar-refractivity contribution is 7.19. The number of hydrogen-bond donors (Lipinski definition) is 4. The van der Waals surface area contributed by atoms with Gasteiger partial charge >= 0.3 is 0 Å². The molecule has 2 aromatic heterocycles. The first-order valence-electron chi connectivity index (χ1n) is 8.59. The number of nitrogens with zero attached hydrogens (tertiary/aromatic N) is 1. The summed E-state index contributed by atoms with van der Waals surface area (Å²) in [6, 6.07) is 20.5. The summed E-state index contributed by atoms with van der Waals surface area (Å²) in [7, 11) is 0. The Morgan fingerprint density at radius 1 is 0.852 bits per heavy atom. The van der Waals surface area contributed by atoms with Crippen molar-refractivity contribution in [2.45, 2.75) is 6.17 Å². The Kier molecular flexibility index (Phi) is 4.29. The molecule has 4 aromatic rings. The van der Waals surface area contributed by atoms with E-state index in [4.69, 9.17) is 4.74 Å². The maximum absolute atomic E-state index is 6.13. The van der Waals surface area contributed by atoms with Crippen molar-refractivity contribution in [1.29, 1.82) is 0 Å². The van der Waals surface area contributed by atoms with Gasteiger partial charge in [-0.3, -0.25) is 4.98 Å². The molecule has 0 saturated carbocycles. The first-order valence-corrected chi connectivity index (χ1v) is 9.40. The van der Waals surface area contributed by atoms with E-state index < -0.39 is 0 Å². The maximum atomic E-state index is 6.13. The van der Waals surface area contributed by atoms with Crippen molar-refractivity contribution in [3.05, 3.63) is 77.9 Å². The lowest BCUT2D eigenvalue weighted by molar-refractivity contribution is 0.486. The van der Waals surface area contributed by atoms with Crippen molar-refractivity contribution in [2.75, 3.05) is 0 Å². The van der Waals surface area contributed by atoms with Gasteiger partial charge < -0.3 is 4.74 Å². The van der Waals surface area contributed by atoms with Crippen LogP contribution >= 0.6 is 11.3 Å². The van der Waals surface area contributed by atoms with Gasteiger partial charge in [-0.2, -0.15) is 11.1 Å². The van der Waals surface area contributed by atoms with Gasteiger partial charge in [-0.15, -0.1) is 11.3 Å². The molecule has 1 aliphatic rings. The molecule has 5 rings (SSSR count). The predicted octanol–water partition coefficient (Wildman–Crippen LogP) is 3.87. The van der Waals surface area contributed by atoms with Gasteiger partial charge in [-0.05, 0) is 29.3 Å². The highest BCUT2D eigenvalue weighted by atomic mass is 32.1. The van der Waals surface area contributed by atoms with Gasteiger partial charge in [0.05, 0.1) is 10.9 Å². The molecule has 0 atom stereocenters. The van der Waals surface area contributed by atoms with E-state index in [9.17, 15) is 0 Å². The summed E-state index contributed by atoms with van der Waals surface area (Å²) in [6.07, 6.45) is 3.63. The lowest BCUT2D eigenvalue weighted by atomic mass is 10.1. The van der Waals surface area contributed by atoms with Crippen molar-refractivity contribution in [3.63, 3.8) is 0 Å². The van der Waals surface area contributed by atoms with E-state index in [1.807, 2.05) is 36.5 Å². The fourth-order valence-electron chi connectivity index (χ4n) is 3.05. The van der Waals surface area contributed by atoms with Gasteiger partial charge in [0.25, 0.3) is 0 Å². The van der Waals surface area contributed by atoms with Crippen LogP contribution in [0.3, 0.4) is 0 Å². The van der Waals surface area contributed by atoms with Crippen molar-refractivity contribution in [1.82, 2.24) is 26.9 Å². The molecule has 0 amide bonds. The van der Waals surface area contributed by atoms with Crippen LogP contribution < -0.4 is 26.7 Å². The molecule has 6 nitrogen and oxygen atoms in total. The summed E-state index contributed by atoms with van der Waals surface area (Å²) in [5.74, 6) is 1.54. The lowest BCUT2D eigenvalue weighted by Gasteiger charge is -2.08. The average molecular weight is 375 g/mol. The molecule has 0 unspecified atom stereocenters. The van der Waals surface area contributed by atoms with Gasteiger partial charge in [0.1, 0.15) is 11.9 Å². The van der Waals surface area contributed by atoms with Crippen molar-refractivity contribution in [3.8, 4) is 22.6 Å². The molecule has 4 N–H and O–H groups in total. The fourth-order valence-corrected chi connectivity index (χ4v) is 4.10. The van der Waals surface area contributed by atoms with Gasteiger partial charge in [0.2, 0.25) is 0 Å². The Labute approximate surface area is 160 Å². The molecule has 2 aromatic carbocycles. The summed E-state index contributed by atoms with van der Waals surface area (Å²) >= 11 is 1.67. The number of aromatic nitrogens is 1. The first kappa shape index (κ1) is 16.4. The Morgan fingerprint density at radius 3 is 2.37 bits per heavy atom. The second kappa shape index (κ2) is 7.07. The third kappa shape index (κ3) is 3.30. The molecule has 1 saturated heterocycles. The summed E-state index contributed by atoms with van der Waals surface area (Å²) in [5, 5.41) is 1.05. The van der Waals surface area contributed by atoms with Crippen LogP contribution in [0.4, 0.5) is 0 Å². The SMILES string of the molecule is c1ccc(-c2ccc(Oc3cncc4sc(C5NNNN5)cc34)cc2)cc1. The minimum absolute atomic E-state index is 0.000376.